The number of hydrogen-bond acceptors (Lipinski definition) is 5. The maximum atomic E-state index is 9.92. The molecule has 0 spiro atoms. The van der Waals surface area contributed by atoms with E-state index < -0.39 is 10.4 Å². The molecular weight excluding hydrogens is 196 g/mol. The third-order valence-corrected chi connectivity index (χ3v) is 1.86. The fraction of sp³-hybridized carbons (Fsp3) is 0.500. The average molecular weight is 208 g/mol. The highest BCUT2D eigenvalue weighted by Gasteiger charge is 2.01. The molecule has 0 aliphatic rings. The van der Waals surface area contributed by atoms with Crippen LogP contribution in [0.2, 0.25) is 0 Å². The molecule has 0 radical (unpaired) electrons. The Morgan fingerprint density at radius 1 is 1.31 bits per heavy atom. The lowest BCUT2D eigenvalue weighted by Gasteiger charge is -1.91. The molecule has 0 aliphatic heterocycles. The molecule has 6 nitrogen and oxygen atoms in total. The Morgan fingerprint density at radius 2 is 1.85 bits per heavy atom. The van der Waals surface area contributed by atoms with Crippen molar-refractivity contribution in [2.45, 2.75) is 0 Å². The molecule has 0 saturated carbocycles. The topological polar surface area (TPSA) is 70.4 Å². The highest BCUT2D eigenvalue weighted by Crippen LogP contribution is 1.85. The summed E-state index contributed by atoms with van der Waals surface area (Å²) in [7, 11) is 0.333. The molecule has 1 heterocycles. The van der Waals surface area contributed by atoms with Crippen molar-refractivity contribution in [2.75, 3.05) is 14.2 Å². The van der Waals surface area contributed by atoms with Gasteiger partial charge in [0.15, 0.2) is 0 Å². The van der Waals surface area contributed by atoms with E-state index in [1.165, 1.54) is 0 Å². The summed E-state index contributed by atoms with van der Waals surface area (Å²) in [6, 6.07) is 0. The fourth-order valence-electron chi connectivity index (χ4n) is 0.394. The van der Waals surface area contributed by atoms with Crippen molar-refractivity contribution in [3.63, 3.8) is 0 Å². The van der Waals surface area contributed by atoms with Crippen molar-refractivity contribution >= 4 is 10.4 Å². The largest absolute Gasteiger partial charge is 0.399 e. The molecule has 76 valence electrons. The van der Waals surface area contributed by atoms with E-state index in [2.05, 4.69) is 13.4 Å². The van der Waals surface area contributed by atoms with E-state index in [-0.39, 0.29) is 0 Å². The molecule has 0 unspecified atom stereocenters. The zero-order valence-electron chi connectivity index (χ0n) is 7.67. The van der Waals surface area contributed by atoms with Gasteiger partial charge in [0, 0.05) is 19.4 Å². The van der Waals surface area contributed by atoms with Crippen LogP contribution in [0.3, 0.4) is 0 Å². The maximum absolute atomic E-state index is 9.92. The Labute approximate surface area is 77.4 Å². The first-order chi connectivity index (χ1) is 6.02. The van der Waals surface area contributed by atoms with Crippen molar-refractivity contribution in [1.82, 2.24) is 9.55 Å². The van der Waals surface area contributed by atoms with Gasteiger partial charge in [-0.2, -0.15) is 8.42 Å². The highest BCUT2D eigenvalue weighted by molar-refractivity contribution is 7.81. The Balaban J connectivity index is 0.000000223. The summed E-state index contributed by atoms with van der Waals surface area (Å²) in [5, 5.41) is 0. The van der Waals surface area contributed by atoms with Gasteiger partial charge in [-0.1, -0.05) is 0 Å². The molecular formula is C6H12N2O4S. The van der Waals surface area contributed by atoms with Crippen LogP contribution in [0.15, 0.2) is 18.7 Å². The van der Waals surface area contributed by atoms with E-state index in [0.29, 0.717) is 0 Å². The van der Waals surface area contributed by atoms with Crippen LogP contribution in [-0.2, 0) is 25.8 Å². The van der Waals surface area contributed by atoms with E-state index in [1.807, 2.05) is 17.8 Å². The molecule has 0 aromatic carbocycles. The molecule has 0 N–H and O–H groups in total. The predicted octanol–water partition coefficient (Wildman–Crippen LogP) is -0.0559. The SMILES string of the molecule is COS(=O)(=O)OC.Cn1ccnc1. The fourth-order valence-corrected chi connectivity index (χ4v) is 0.530. The van der Waals surface area contributed by atoms with Crippen molar-refractivity contribution in [3.8, 4) is 0 Å². The van der Waals surface area contributed by atoms with Gasteiger partial charge in [0.1, 0.15) is 0 Å². The average Bonchev–Trinajstić information content (AvgIpc) is 2.57. The molecule has 7 heteroatoms. The zero-order chi connectivity index (χ0) is 10.3. The van der Waals surface area contributed by atoms with Crippen LogP contribution >= 0.6 is 0 Å². The first-order valence-corrected chi connectivity index (χ1v) is 4.63. The van der Waals surface area contributed by atoms with Gasteiger partial charge in [-0.3, -0.25) is 8.37 Å². The summed E-state index contributed by atoms with van der Waals surface area (Å²) in [5.41, 5.74) is 0. The van der Waals surface area contributed by atoms with E-state index >= 15 is 0 Å². The smallest absolute Gasteiger partial charge is 0.341 e. The van der Waals surface area contributed by atoms with Gasteiger partial charge in [0.05, 0.1) is 20.5 Å². The Hall–Kier alpha value is -0.920. The minimum absolute atomic E-state index is 1.03. The summed E-state index contributed by atoms with van der Waals surface area (Å²) >= 11 is 0. The number of rotatable bonds is 2. The number of aryl methyl sites for hydroxylation is 1. The van der Waals surface area contributed by atoms with Crippen LogP contribution < -0.4 is 0 Å². The summed E-state index contributed by atoms with van der Waals surface area (Å²) in [6.45, 7) is 0. The van der Waals surface area contributed by atoms with E-state index in [9.17, 15) is 8.42 Å². The Bertz CT molecular complexity index is 295. The molecule has 1 aromatic heterocycles. The van der Waals surface area contributed by atoms with E-state index in [4.69, 9.17) is 0 Å². The number of nitrogens with zero attached hydrogens (tertiary/aromatic N) is 2. The second-order valence-corrected chi connectivity index (χ2v) is 3.45. The number of imidazole rings is 1. The Kier molecular flexibility index (Phi) is 5.28. The van der Waals surface area contributed by atoms with Gasteiger partial charge in [0.2, 0.25) is 0 Å². The van der Waals surface area contributed by atoms with Crippen LogP contribution in [0, 0.1) is 0 Å². The second-order valence-electron chi connectivity index (χ2n) is 1.97. The standard InChI is InChI=1S/C4H6N2.C2H6O4S/c1-6-3-2-5-4-6;1-5-7(3,4)6-2/h2-4H,1H3;1-2H3. The van der Waals surface area contributed by atoms with Crippen molar-refractivity contribution in [2.24, 2.45) is 7.05 Å². The Morgan fingerprint density at radius 3 is 1.92 bits per heavy atom. The quantitative estimate of drug-likeness (QED) is 0.681. The molecule has 0 fully saturated rings. The molecule has 1 rings (SSSR count). The van der Waals surface area contributed by atoms with Gasteiger partial charge < -0.3 is 4.57 Å². The van der Waals surface area contributed by atoms with Gasteiger partial charge in [-0.15, -0.1) is 0 Å². The molecule has 0 aliphatic carbocycles. The zero-order valence-corrected chi connectivity index (χ0v) is 8.48. The monoisotopic (exact) mass is 208 g/mol. The summed E-state index contributed by atoms with van der Waals surface area (Å²) < 4.78 is 29.4. The third kappa shape index (κ3) is 6.26. The molecule has 1 aromatic rings. The summed E-state index contributed by atoms with van der Waals surface area (Å²) in [4.78, 5) is 3.78. The minimum atomic E-state index is -3.66. The van der Waals surface area contributed by atoms with Crippen molar-refractivity contribution in [3.05, 3.63) is 18.7 Å². The predicted molar refractivity (Wildman–Crippen MR) is 46.1 cm³/mol. The normalized spacial score (nSPS) is 10.4. The lowest BCUT2D eigenvalue weighted by Crippen LogP contribution is -2.02. The summed E-state index contributed by atoms with van der Waals surface area (Å²) in [6.07, 6.45) is 5.39. The minimum Gasteiger partial charge on any atom is -0.341 e. The van der Waals surface area contributed by atoms with Gasteiger partial charge >= 0.3 is 10.4 Å². The molecule has 13 heavy (non-hydrogen) atoms. The van der Waals surface area contributed by atoms with Gasteiger partial charge in [-0.25, -0.2) is 4.98 Å². The lowest BCUT2D eigenvalue weighted by molar-refractivity contribution is 0.286. The van der Waals surface area contributed by atoms with Crippen LogP contribution in [0.1, 0.15) is 0 Å². The second kappa shape index (κ2) is 5.68. The first-order valence-electron chi connectivity index (χ1n) is 3.30. The molecule has 0 bridgehead atoms. The van der Waals surface area contributed by atoms with Crippen molar-refractivity contribution in [1.29, 1.82) is 0 Å². The molecule has 0 atom stereocenters. The molecule has 0 saturated heterocycles. The first kappa shape index (κ1) is 12.1. The van der Waals surface area contributed by atoms with E-state index in [1.54, 1.807) is 12.5 Å². The third-order valence-electron chi connectivity index (χ3n) is 1.04. The van der Waals surface area contributed by atoms with Gasteiger partial charge in [0.25, 0.3) is 0 Å². The lowest BCUT2D eigenvalue weighted by atomic mass is 10.9. The highest BCUT2D eigenvalue weighted by atomic mass is 32.3. The molecule has 0 amide bonds. The van der Waals surface area contributed by atoms with Crippen LogP contribution in [0.5, 0.6) is 0 Å². The maximum Gasteiger partial charge on any atom is 0.399 e. The number of aromatic nitrogens is 2. The van der Waals surface area contributed by atoms with Crippen molar-refractivity contribution < 1.29 is 16.8 Å². The van der Waals surface area contributed by atoms with Gasteiger partial charge in [-0.05, 0) is 0 Å². The summed E-state index contributed by atoms with van der Waals surface area (Å²) in [5.74, 6) is 0. The van der Waals surface area contributed by atoms with Crippen LogP contribution in [0.4, 0.5) is 0 Å². The van der Waals surface area contributed by atoms with Crippen LogP contribution in [-0.4, -0.2) is 32.2 Å². The van der Waals surface area contributed by atoms with Crippen LogP contribution in [0.25, 0.3) is 0 Å². The number of hydrogen-bond donors (Lipinski definition) is 0. The van der Waals surface area contributed by atoms with E-state index in [0.717, 1.165) is 14.2 Å².